The molecule has 0 spiro atoms. The molecule has 1 amide bonds. The van der Waals surface area contributed by atoms with Crippen LogP contribution in [0, 0.1) is 0 Å². The van der Waals surface area contributed by atoms with Crippen LogP contribution in [0.15, 0.2) is 80.7 Å². The number of carbonyl (C=O) groups is 2. The van der Waals surface area contributed by atoms with Crippen molar-refractivity contribution in [3.8, 4) is 11.3 Å². The minimum absolute atomic E-state index is 0.0642. The molecule has 0 saturated heterocycles. The van der Waals surface area contributed by atoms with Crippen LogP contribution in [0.3, 0.4) is 0 Å². The molecular weight excluding hydrogens is 527 g/mol. The number of sulfonamides is 1. The number of nitrogens with two attached hydrogens (primary N) is 1. The molecule has 9 nitrogen and oxygen atoms in total. The predicted molar refractivity (Wildman–Crippen MR) is 131 cm³/mol. The van der Waals surface area contributed by atoms with E-state index in [1.807, 2.05) is 6.92 Å². The number of rotatable bonds is 7. The SMILES string of the molecule is CCCOC(=O)c1cccc(-c2ccc(/C=C3/C(=O)N(c4ccc(S(N)(=O)=O)cc4)N=C3C(F)(F)F)o2)c1. The molecular formula is C25H20F3N3O6S. The van der Waals surface area contributed by atoms with Gasteiger partial charge in [-0.1, -0.05) is 19.1 Å². The largest absolute Gasteiger partial charge is 0.462 e. The molecule has 0 unspecified atom stereocenters. The third-order valence-electron chi connectivity index (χ3n) is 5.29. The van der Waals surface area contributed by atoms with E-state index in [4.69, 9.17) is 14.3 Å². The normalized spacial score (nSPS) is 15.2. The number of anilines is 1. The van der Waals surface area contributed by atoms with Gasteiger partial charge in [-0.2, -0.15) is 23.3 Å². The lowest BCUT2D eigenvalue weighted by Crippen LogP contribution is -2.25. The van der Waals surface area contributed by atoms with Crippen molar-refractivity contribution in [1.82, 2.24) is 0 Å². The summed E-state index contributed by atoms with van der Waals surface area (Å²) in [6.45, 7) is 2.11. The number of alkyl halides is 3. The number of halogens is 3. The summed E-state index contributed by atoms with van der Waals surface area (Å²) in [5, 5.41) is 8.98. The quantitative estimate of drug-likeness (QED) is 0.342. The van der Waals surface area contributed by atoms with Gasteiger partial charge in [0, 0.05) is 5.56 Å². The van der Waals surface area contributed by atoms with Crippen molar-refractivity contribution in [2.45, 2.75) is 24.4 Å². The number of hydrogen-bond acceptors (Lipinski definition) is 7. The number of primary sulfonamides is 1. The number of nitrogens with zero attached hydrogens (tertiary/aromatic N) is 2. The van der Waals surface area contributed by atoms with Crippen LogP contribution >= 0.6 is 0 Å². The molecule has 2 heterocycles. The molecule has 4 rings (SSSR count). The van der Waals surface area contributed by atoms with Gasteiger partial charge in [-0.3, -0.25) is 4.79 Å². The van der Waals surface area contributed by atoms with Crippen molar-refractivity contribution >= 4 is 39.4 Å². The van der Waals surface area contributed by atoms with Crippen LogP contribution in [0.4, 0.5) is 18.9 Å². The maximum absolute atomic E-state index is 13.8. The molecule has 0 bridgehead atoms. The summed E-state index contributed by atoms with van der Waals surface area (Å²) in [5.74, 6) is -1.44. The van der Waals surface area contributed by atoms with Crippen molar-refractivity contribution in [2.24, 2.45) is 10.2 Å². The molecule has 0 radical (unpaired) electrons. The van der Waals surface area contributed by atoms with E-state index in [0.717, 1.165) is 30.3 Å². The molecule has 1 aliphatic rings. The van der Waals surface area contributed by atoms with E-state index in [2.05, 4.69) is 5.10 Å². The average molecular weight is 548 g/mol. The molecule has 0 saturated carbocycles. The molecule has 2 aromatic carbocycles. The lowest BCUT2D eigenvalue weighted by Gasteiger charge is -2.11. The van der Waals surface area contributed by atoms with E-state index >= 15 is 0 Å². The highest BCUT2D eigenvalue weighted by atomic mass is 32.2. The second-order valence-electron chi connectivity index (χ2n) is 8.08. The lowest BCUT2D eigenvalue weighted by molar-refractivity contribution is -0.114. The topological polar surface area (TPSA) is 132 Å². The molecule has 0 aliphatic carbocycles. The minimum Gasteiger partial charge on any atom is -0.462 e. The van der Waals surface area contributed by atoms with E-state index in [1.165, 1.54) is 18.2 Å². The summed E-state index contributed by atoms with van der Waals surface area (Å²) in [7, 11) is -4.04. The number of hydrazone groups is 1. The summed E-state index contributed by atoms with van der Waals surface area (Å²) in [5.41, 5.74) is -1.57. The van der Waals surface area contributed by atoms with Gasteiger partial charge < -0.3 is 9.15 Å². The maximum Gasteiger partial charge on any atom is 0.435 e. The highest BCUT2D eigenvalue weighted by Gasteiger charge is 2.47. The van der Waals surface area contributed by atoms with Gasteiger partial charge in [0.2, 0.25) is 10.0 Å². The van der Waals surface area contributed by atoms with E-state index in [0.29, 0.717) is 17.0 Å². The van der Waals surface area contributed by atoms with Gasteiger partial charge in [-0.15, -0.1) is 0 Å². The Bertz CT molecular complexity index is 1560. The fraction of sp³-hybridized carbons (Fsp3) is 0.160. The van der Waals surface area contributed by atoms with E-state index in [9.17, 15) is 31.2 Å². The number of hydrogen-bond donors (Lipinski definition) is 1. The summed E-state index contributed by atoms with van der Waals surface area (Å²) < 4.78 is 74.9. The maximum atomic E-state index is 13.8. The van der Waals surface area contributed by atoms with Gasteiger partial charge in [-0.25, -0.2) is 18.4 Å². The number of furan rings is 1. The van der Waals surface area contributed by atoms with E-state index < -0.39 is 39.4 Å². The van der Waals surface area contributed by atoms with Crippen LogP contribution in [0.25, 0.3) is 17.4 Å². The molecule has 1 aromatic heterocycles. The Morgan fingerprint density at radius 3 is 2.47 bits per heavy atom. The van der Waals surface area contributed by atoms with Gasteiger partial charge in [0.15, 0.2) is 5.71 Å². The van der Waals surface area contributed by atoms with Crippen LogP contribution in [-0.2, 0) is 19.6 Å². The molecule has 198 valence electrons. The van der Waals surface area contributed by atoms with Crippen LogP contribution in [0.5, 0.6) is 0 Å². The molecule has 3 aromatic rings. The fourth-order valence-electron chi connectivity index (χ4n) is 3.51. The summed E-state index contributed by atoms with van der Waals surface area (Å²) in [4.78, 5) is 24.8. The Kier molecular flexibility index (Phi) is 7.24. The van der Waals surface area contributed by atoms with E-state index in [-0.39, 0.29) is 34.3 Å². The zero-order valence-corrected chi connectivity index (χ0v) is 20.5. The number of ether oxygens (including phenoxy) is 1. The highest BCUT2D eigenvalue weighted by Crippen LogP contribution is 2.34. The second-order valence-corrected chi connectivity index (χ2v) is 9.64. The van der Waals surface area contributed by atoms with Gasteiger partial charge in [-0.05, 0) is 61.0 Å². The zero-order valence-electron chi connectivity index (χ0n) is 19.7. The van der Waals surface area contributed by atoms with Gasteiger partial charge in [0.1, 0.15) is 11.5 Å². The molecule has 1 aliphatic heterocycles. The summed E-state index contributed by atoms with van der Waals surface area (Å²) >= 11 is 0. The van der Waals surface area contributed by atoms with Crippen LogP contribution in [-0.4, -0.2) is 38.8 Å². The predicted octanol–water partition coefficient (Wildman–Crippen LogP) is 4.51. The Balaban J connectivity index is 1.65. The molecule has 38 heavy (non-hydrogen) atoms. The first-order valence-electron chi connectivity index (χ1n) is 11.1. The van der Waals surface area contributed by atoms with Crippen molar-refractivity contribution in [2.75, 3.05) is 11.6 Å². The van der Waals surface area contributed by atoms with Crippen LogP contribution < -0.4 is 10.1 Å². The molecule has 0 atom stereocenters. The number of esters is 1. The van der Waals surface area contributed by atoms with Crippen molar-refractivity contribution in [1.29, 1.82) is 0 Å². The Morgan fingerprint density at radius 1 is 1.13 bits per heavy atom. The zero-order chi connectivity index (χ0) is 27.7. The van der Waals surface area contributed by atoms with Gasteiger partial charge in [0.05, 0.1) is 28.3 Å². The fourth-order valence-corrected chi connectivity index (χ4v) is 4.03. The third kappa shape index (κ3) is 5.68. The Morgan fingerprint density at radius 2 is 1.84 bits per heavy atom. The molecule has 2 N–H and O–H groups in total. The smallest absolute Gasteiger partial charge is 0.435 e. The minimum atomic E-state index is -4.97. The first-order valence-corrected chi connectivity index (χ1v) is 12.7. The second kappa shape index (κ2) is 10.3. The first-order chi connectivity index (χ1) is 17.9. The monoisotopic (exact) mass is 547 g/mol. The number of amides is 1. The van der Waals surface area contributed by atoms with Crippen LogP contribution in [0.2, 0.25) is 0 Å². The summed E-state index contributed by atoms with van der Waals surface area (Å²) in [6, 6.07) is 13.5. The van der Waals surface area contributed by atoms with Crippen molar-refractivity contribution in [3.63, 3.8) is 0 Å². The number of carbonyl (C=O) groups excluding carboxylic acids is 2. The average Bonchev–Trinajstić information content (AvgIpc) is 3.47. The highest BCUT2D eigenvalue weighted by molar-refractivity contribution is 7.89. The Labute approximate surface area is 215 Å². The molecule has 0 fully saturated rings. The number of benzene rings is 2. The standard InChI is InChI=1S/C25H20F3N3O6S/c1-2-12-36-24(33)16-5-3-4-15(13-16)21-11-8-18(37-21)14-20-22(25(26,27)28)30-31(23(20)32)17-6-9-19(10-7-17)38(29,34)35/h3-11,13-14H,2,12H2,1H3,(H2,29,34,35)/b20-14+. The van der Waals surface area contributed by atoms with Gasteiger partial charge >= 0.3 is 12.1 Å². The summed E-state index contributed by atoms with van der Waals surface area (Å²) in [6.07, 6.45) is -3.41. The third-order valence-corrected chi connectivity index (χ3v) is 6.22. The van der Waals surface area contributed by atoms with Crippen LogP contribution in [0.1, 0.15) is 29.5 Å². The molecule has 13 heteroatoms. The van der Waals surface area contributed by atoms with Crippen molar-refractivity contribution < 1.29 is 40.3 Å². The van der Waals surface area contributed by atoms with Gasteiger partial charge in [0.25, 0.3) is 5.91 Å². The first kappa shape index (κ1) is 26.8. The van der Waals surface area contributed by atoms with Crippen molar-refractivity contribution in [3.05, 3.63) is 77.6 Å². The Hall–Kier alpha value is -4.23. The lowest BCUT2D eigenvalue weighted by atomic mass is 10.1. The van der Waals surface area contributed by atoms with E-state index in [1.54, 1.807) is 18.2 Å².